The van der Waals surface area contributed by atoms with Crippen molar-refractivity contribution in [2.45, 2.75) is 122 Å². The maximum Gasteiger partial charge on any atom is 0.102 e. The molecule has 0 saturated carbocycles. The van der Waals surface area contributed by atoms with E-state index in [1.165, 1.54) is 116 Å². The van der Waals surface area contributed by atoms with E-state index in [2.05, 4.69) is 26.1 Å². The third-order valence-corrected chi connectivity index (χ3v) is 6.49. The SMILES string of the molecule is CCCCCCCC/C=C/CCCCCCCCCCCC[N+](C)(CCO)CCO.[Cl-]. The molecule has 0 aromatic heterocycles. The Morgan fingerprint density at radius 1 is 0.516 bits per heavy atom. The van der Waals surface area contributed by atoms with Crippen molar-refractivity contribution < 1.29 is 27.1 Å². The number of hydrogen-bond acceptors (Lipinski definition) is 2. The third kappa shape index (κ3) is 24.4. The van der Waals surface area contributed by atoms with Crippen LogP contribution in [-0.2, 0) is 0 Å². The van der Waals surface area contributed by atoms with Crippen molar-refractivity contribution in [2.75, 3.05) is 39.9 Å². The molecule has 0 unspecified atom stereocenters. The molecule has 0 spiro atoms. The number of aliphatic hydroxyl groups excluding tert-OH is 2. The Hall–Kier alpha value is -0.0900. The van der Waals surface area contributed by atoms with Gasteiger partial charge in [-0.2, -0.15) is 0 Å². The fourth-order valence-electron chi connectivity index (χ4n) is 4.27. The van der Waals surface area contributed by atoms with Crippen LogP contribution in [0.1, 0.15) is 122 Å². The van der Waals surface area contributed by atoms with Gasteiger partial charge in [-0.1, -0.05) is 96.1 Å². The Balaban J connectivity index is 0. The van der Waals surface area contributed by atoms with E-state index >= 15 is 0 Å². The number of hydrogen-bond donors (Lipinski definition) is 2. The number of likely N-dealkylation sites (N-methyl/N-ethyl adjacent to an activating group) is 1. The second-order valence-electron chi connectivity index (χ2n) is 9.59. The van der Waals surface area contributed by atoms with E-state index in [4.69, 9.17) is 0 Å². The van der Waals surface area contributed by atoms with Gasteiger partial charge >= 0.3 is 0 Å². The van der Waals surface area contributed by atoms with Crippen LogP contribution in [0, 0.1) is 0 Å². The number of quaternary nitrogens is 1. The maximum absolute atomic E-state index is 9.19. The average molecular weight is 462 g/mol. The van der Waals surface area contributed by atoms with Gasteiger partial charge in [0, 0.05) is 0 Å². The molecule has 0 aliphatic carbocycles. The monoisotopic (exact) mass is 461 g/mol. The first kappa shape index (κ1) is 33.1. The number of aliphatic hydroxyl groups is 2. The summed E-state index contributed by atoms with van der Waals surface area (Å²) < 4.78 is 0.807. The molecule has 2 N–H and O–H groups in total. The van der Waals surface area contributed by atoms with E-state index in [1.807, 2.05) is 0 Å². The summed E-state index contributed by atoms with van der Waals surface area (Å²) in [5.74, 6) is 0. The summed E-state index contributed by atoms with van der Waals surface area (Å²) in [6.45, 7) is 5.31. The van der Waals surface area contributed by atoms with Gasteiger partial charge in [0.05, 0.1) is 26.8 Å². The first-order chi connectivity index (χ1) is 14.7. The molecule has 0 aliphatic rings. The van der Waals surface area contributed by atoms with Gasteiger partial charge in [0.2, 0.25) is 0 Å². The van der Waals surface area contributed by atoms with Crippen molar-refractivity contribution in [1.29, 1.82) is 0 Å². The van der Waals surface area contributed by atoms with Gasteiger partial charge in [-0.15, -0.1) is 0 Å². The Labute approximate surface area is 201 Å². The predicted octanol–water partition coefficient (Wildman–Crippen LogP) is 4.02. The minimum atomic E-state index is 0. The lowest BCUT2D eigenvalue weighted by Gasteiger charge is -2.33. The molecule has 31 heavy (non-hydrogen) atoms. The summed E-state index contributed by atoms with van der Waals surface area (Å²) in [6.07, 6.45) is 29.3. The number of nitrogens with zero attached hydrogens (tertiary/aromatic N) is 1. The lowest BCUT2D eigenvalue weighted by molar-refractivity contribution is -0.910. The summed E-state index contributed by atoms with van der Waals surface area (Å²) in [5.41, 5.74) is 0. The Bertz CT molecular complexity index is 357. The molecule has 0 aliphatic heterocycles. The molecule has 0 rings (SSSR count). The zero-order chi connectivity index (χ0) is 22.2. The normalized spacial score (nSPS) is 11.9. The van der Waals surface area contributed by atoms with E-state index in [9.17, 15) is 10.2 Å². The molecule has 0 heterocycles. The first-order valence-corrected chi connectivity index (χ1v) is 13.4. The van der Waals surface area contributed by atoms with Crippen LogP contribution in [0.15, 0.2) is 12.2 Å². The van der Waals surface area contributed by atoms with E-state index in [-0.39, 0.29) is 25.6 Å². The van der Waals surface area contributed by atoms with Gasteiger partial charge in [0.1, 0.15) is 13.1 Å². The quantitative estimate of drug-likeness (QED) is 0.129. The van der Waals surface area contributed by atoms with Crippen molar-refractivity contribution >= 4 is 0 Å². The van der Waals surface area contributed by atoms with Gasteiger partial charge < -0.3 is 27.1 Å². The van der Waals surface area contributed by atoms with E-state index in [0.717, 1.165) is 24.1 Å². The molecule has 0 amide bonds. The molecule has 3 nitrogen and oxygen atoms in total. The zero-order valence-electron chi connectivity index (χ0n) is 21.1. The van der Waals surface area contributed by atoms with Crippen LogP contribution in [0.3, 0.4) is 0 Å². The summed E-state index contributed by atoms with van der Waals surface area (Å²) in [4.78, 5) is 0. The molecular formula is C27H56ClNO2. The summed E-state index contributed by atoms with van der Waals surface area (Å²) >= 11 is 0. The van der Waals surface area contributed by atoms with Crippen LogP contribution in [0.25, 0.3) is 0 Å². The van der Waals surface area contributed by atoms with Crippen molar-refractivity contribution in [3.63, 3.8) is 0 Å². The van der Waals surface area contributed by atoms with Gasteiger partial charge in [-0.05, 0) is 38.5 Å². The molecule has 0 bridgehead atoms. The number of halogens is 1. The number of allylic oxidation sites excluding steroid dienone is 2. The highest BCUT2D eigenvalue weighted by molar-refractivity contribution is 4.81. The van der Waals surface area contributed by atoms with E-state index < -0.39 is 0 Å². The minimum absolute atomic E-state index is 0. The molecule has 0 aromatic rings. The predicted molar refractivity (Wildman–Crippen MR) is 133 cm³/mol. The Morgan fingerprint density at radius 3 is 1.26 bits per heavy atom. The second-order valence-corrected chi connectivity index (χ2v) is 9.59. The molecule has 0 radical (unpaired) electrons. The summed E-state index contributed by atoms with van der Waals surface area (Å²) in [6, 6.07) is 0. The highest BCUT2D eigenvalue weighted by atomic mass is 35.5. The van der Waals surface area contributed by atoms with Gasteiger partial charge in [-0.25, -0.2) is 0 Å². The lowest BCUT2D eigenvalue weighted by atomic mass is 10.1. The third-order valence-electron chi connectivity index (χ3n) is 6.49. The van der Waals surface area contributed by atoms with Crippen LogP contribution in [0.2, 0.25) is 0 Å². The van der Waals surface area contributed by atoms with Crippen LogP contribution < -0.4 is 12.4 Å². The molecule has 0 fully saturated rings. The molecule has 0 atom stereocenters. The number of unbranched alkanes of at least 4 members (excludes halogenated alkanes) is 16. The van der Waals surface area contributed by atoms with Crippen LogP contribution in [-0.4, -0.2) is 54.6 Å². The molecule has 0 saturated heterocycles. The highest BCUT2D eigenvalue weighted by Gasteiger charge is 2.19. The Kier molecular flexibility index (Phi) is 27.9. The Morgan fingerprint density at radius 2 is 0.871 bits per heavy atom. The first-order valence-electron chi connectivity index (χ1n) is 13.4. The second kappa shape index (κ2) is 26.2. The fourth-order valence-corrected chi connectivity index (χ4v) is 4.27. The molecule has 4 heteroatoms. The van der Waals surface area contributed by atoms with Crippen LogP contribution in [0.4, 0.5) is 0 Å². The van der Waals surface area contributed by atoms with Crippen molar-refractivity contribution in [2.24, 2.45) is 0 Å². The van der Waals surface area contributed by atoms with Crippen molar-refractivity contribution in [3.8, 4) is 0 Å². The van der Waals surface area contributed by atoms with Gasteiger partial charge in [0.15, 0.2) is 0 Å². The van der Waals surface area contributed by atoms with Gasteiger partial charge in [0.25, 0.3) is 0 Å². The fraction of sp³-hybridized carbons (Fsp3) is 0.926. The molecule has 0 aromatic carbocycles. The zero-order valence-corrected chi connectivity index (χ0v) is 21.9. The van der Waals surface area contributed by atoms with E-state index in [0.29, 0.717) is 0 Å². The van der Waals surface area contributed by atoms with E-state index in [1.54, 1.807) is 0 Å². The maximum atomic E-state index is 9.19. The summed E-state index contributed by atoms with van der Waals surface area (Å²) in [5, 5.41) is 18.4. The van der Waals surface area contributed by atoms with Crippen LogP contribution in [0.5, 0.6) is 0 Å². The standard InChI is InChI=1S/C27H56NO2.ClH/c1-3-4-5-6-7-8-9-10-11-12-13-14-15-16-17-18-19-20-21-22-23-28(2,24-26-29)25-27-30;/h10-11,29-30H,3-9,12-27H2,1-2H3;1H/q+1;/p-1/b11-10+;. The van der Waals surface area contributed by atoms with Crippen molar-refractivity contribution in [3.05, 3.63) is 12.2 Å². The largest absolute Gasteiger partial charge is 1.00 e. The summed E-state index contributed by atoms with van der Waals surface area (Å²) in [7, 11) is 2.15. The van der Waals surface area contributed by atoms with Crippen molar-refractivity contribution in [1.82, 2.24) is 0 Å². The topological polar surface area (TPSA) is 40.5 Å². The lowest BCUT2D eigenvalue weighted by Crippen LogP contribution is -3.00. The smallest absolute Gasteiger partial charge is 0.102 e. The van der Waals surface area contributed by atoms with Crippen LogP contribution >= 0.6 is 0 Å². The minimum Gasteiger partial charge on any atom is -1.00 e. The number of rotatable bonds is 24. The van der Waals surface area contributed by atoms with Gasteiger partial charge in [-0.3, -0.25) is 0 Å². The molecular weight excluding hydrogens is 406 g/mol. The highest BCUT2D eigenvalue weighted by Crippen LogP contribution is 2.13. The average Bonchev–Trinajstić information content (AvgIpc) is 2.72. The molecule has 188 valence electrons.